The van der Waals surface area contributed by atoms with Crippen molar-refractivity contribution in [3.63, 3.8) is 0 Å². The predicted molar refractivity (Wildman–Crippen MR) is 94.3 cm³/mol. The molecular formula is C18H31NOS. The summed E-state index contributed by atoms with van der Waals surface area (Å²) in [6, 6.07) is 8.95. The summed E-state index contributed by atoms with van der Waals surface area (Å²) in [5, 5.41) is 12.5. The molecule has 0 bridgehead atoms. The highest BCUT2D eigenvalue weighted by atomic mass is 32.2. The van der Waals surface area contributed by atoms with Gasteiger partial charge in [-0.1, -0.05) is 39.3 Å². The van der Waals surface area contributed by atoms with Gasteiger partial charge in [0.2, 0.25) is 0 Å². The highest BCUT2D eigenvalue weighted by molar-refractivity contribution is 7.99. The first-order chi connectivity index (χ1) is 9.80. The van der Waals surface area contributed by atoms with E-state index in [1.165, 1.54) is 16.9 Å². The standard InChI is InChI=1S/C18H31NOS/c1-17(2,3)15-8-10-16(11-9-15)21-13-7-6-12-18(4,14-20)19-5/h8-11,19-20H,6-7,12-14H2,1-5H3. The van der Waals surface area contributed by atoms with Gasteiger partial charge in [0.1, 0.15) is 0 Å². The van der Waals surface area contributed by atoms with Gasteiger partial charge in [-0.15, -0.1) is 11.8 Å². The third kappa shape index (κ3) is 6.41. The number of unbranched alkanes of at least 4 members (excludes halogenated alkanes) is 1. The molecule has 0 saturated heterocycles. The molecule has 1 rings (SSSR count). The molecule has 0 heterocycles. The van der Waals surface area contributed by atoms with Crippen LogP contribution in [0.5, 0.6) is 0 Å². The quantitative estimate of drug-likeness (QED) is 0.557. The Morgan fingerprint density at radius 3 is 2.14 bits per heavy atom. The molecule has 1 aromatic rings. The van der Waals surface area contributed by atoms with Crippen LogP contribution in [0, 0.1) is 0 Å². The number of aliphatic hydroxyl groups is 1. The second-order valence-corrected chi connectivity index (χ2v) is 8.22. The van der Waals surface area contributed by atoms with Crippen molar-refractivity contribution in [1.29, 1.82) is 0 Å². The fourth-order valence-corrected chi connectivity index (χ4v) is 3.05. The van der Waals surface area contributed by atoms with Crippen molar-refractivity contribution >= 4 is 11.8 Å². The maximum Gasteiger partial charge on any atom is 0.0610 e. The van der Waals surface area contributed by atoms with Crippen molar-refractivity contribution in [3.8, 4) is 0 Å². The Morgan fingerprint density at radius 2 is 1.67 bits per heavy atom. The normalized spacial score (nSPS) is 15.0. The number of hydrogen-bond acceptors (Lipinski definition) is 3. The molecule has 1 unspecified atom stereocenters. The van der Waals surface area contributed by atoms with Gasteiger partial charge in [-0.05, 0) is 55.7 Å². The molecule has 21 heavy (non-hydrogen) atoms. The molecule has 0 saturated carbocycles. The zero-order valence-corrected chi connectivity index (χ0v) is 15.0. The third-order valence-electron chi connectivity index (χ3n) is 4.06. The summed E-state index contributed by atoms with van der Waals surface area (Å²) in [5.74, 6) is 1.14. The van der Waals surface area contributed by atoms with Crippen LogP contribution in [0.2, 0.25) is 0 Å². The summed E-state index contributed by atoms with van der Waals surface area (Å²) < 4.78 is 0. The lowest BCUT2D eigenvalue weighted by molar-refractivity contribution is 0.171. The van der Waals surface area contributed by atoms with Gasteiger partial charge in [-0.3, -0.25) is 0 Å². The largest absolute Gasteiger partial charge is 0.394 e. The third-order valence-corrected chi connectivity index (χ3v) is 5.16. The van der Waals surface area contributed by atoms with Crippen LogP contribution < -0.4 is 5.32 Å². The summed E-state index contributed by atoms with van der Waals surface area (Å²) in [4.78, 5) is 1.35. The van der Waals surface area contributed by atoms with Crippen LogP contribution in [0.1, 0.15) is 52.5 Å². The maximum absolute atomic E-state index is 9.34. The molecule has 120 valence electrons. The number of thioether (sulfide) groups is 1. The number of nitrogens with one attached hydrogen (secondary N) is 1. The molecular weight excluding hydrogens is 278 g/mol. The molecule has 0 aliphatic heterocycles. The number of benzene rings is 1. The lowest BCUT2D eigenvalue weighted by Gasteiger charge is -2.26. The van der Waals surface area contributed by atoms with E-state index in [9.17, 15) is 5.11 Å². The summed E-state index contributed by atoms with van der Waals surface area (Å²) >= 11 is 1.92. The summed E-state index contributed by atoms with van der Waals surface area (Å²) in [5.41, 5.74) is 1.49. The molecule has 1 atom stereocenters. The minimum atomic E-state index is -0.126. The van der Waals surface area contributed by atoms with Crippen LogP contribution >= 0.6 is 11.8 Å². The van der Waals surface area contributed by atoms with E-state index < -0.39 is 0 Å². The van der Waals surface area contributed by atoms with E-state index >= 15 is 0 Å². The molecule has 2 N–H and O–H groups in total. The van der Waals surface area contributed by atoms with Crippen molar-refractivity contribution in [2.24, 2.45) is 0 Å². The predicted octanol–water partition coefficient (Wildman–Crippen LogP) is 4.22. The molecule has 0 radical (unpaired) electrons. The molecule has 0 aliphatic carbocycles. The van der Waals surface area contributed by atoms with Crippen LogP contribution in [0.4, 0.5) is 0 Å². The smallest absolute Gasteiger partial charge is 0.0610 e. The fraction of sp³-hybridized carbons (Fsp3) is 0.667. The molecule has 2 nitrogen and oxygen atoms in total. The van der Waals surface area contributed by atoms with Crippen molar-refractivity contribution in [2.45, 2.75) is 62.8 Å². The summed E-state index contributed by atoms with van der Waals surface area (Å²) in [6.45, 7) is 9.01. The van der Waals surface area contributed by atoms with E-state index in [0.717, 1.165) is 18.6 Å². The molecule has 1 aromatic carbocycles. The van der Waals surface area contributed by atoms with Crippen LogP contribution in [-0.4, -0.2) is 30.1 Å². The maximum atomic E-state index is 9.34. The highest BCUT2D eigenvalue weighted by Crippen LogP contribution is 2.26. The van der Waals surface area contributed by atoms with Gasteiger partial charge in [0, 0.05) is 10.4 Å². The average Bonchev–Trinajstić information content (AvgIpc) is 2.46. The van der Waals surface area contributed by atoms with Crippen LogP contribution in [0.3, 0.4) is 0 Å². The Kier molecular flexibility index (Phi) is 7.25. The Balaban J connectivity index is 2.30. The topological polar surface area (TPSA) is 32.3 Å². The number of rotatable bonds is 8. The monoisotopic (exact) mass is 309 g/mol. The lowest BCUT2D eigenvalue weighted by atomic mass is 9.87. The van der Waals surface area contributed by atoms with Gasteiger partial charge in [0.25, 0.3) is 0 Å². The first-order valence-corrected chi connectivity index (χ1v) is 8.82. The first-order valence-electron chi connectivity index (χ1n) is 7.84. The second kappa shape index (κ2) is 8.21. The van der Waals surface area contributed by atoms with Crippen molar-refractivity contribution in [1.82, 2.24) is 5.32 Å². The fourth-order valence-electron chi connectivity index (χ4n) is 2.14. The van der Waals surface area contributed by atoms with Gasteiger partial charge in [-0.2, -0.15) is 0 Å². The van der Waals surface area contributed by atoms with E-state index in [4.69, 9.17) is 0 Å². The molecule has 0 amide bonds. The van der Waals surface area contributed by atoms with E-state index in [1.807, 2.05) is 18.8 Å². The number of likely N-dealkylation sites (N-methyl/N-ethyl adjacent to an activating group) is 1. The number of hydrogen-bond donors (Lipinski definition) is 2. The Hall–Kier alpha value is -0.510. The minimum Gasteiger partial charge on any atom is -0.394 e. The van der Waals surface area contributed by atoms with Crippen molar-refractivity contribution in [2.75, 3.05) is 19.4 Å². The van der Waals surface area contributed by atoms with Gasteiger partial charge in [0.05, 0.1) is 6.61 Å². The van der Waals surface area contributed by atoms with Gasteiger partial charge < -0.3 is 10.4 Å². The van der Waals surface area contributed by atoms with Crippen LogP contribution in [0.25, 0.3) is 0 Å². The van der Waals surface area contributed by atoms with E-state index in [-0.39, 0.29) is 17.6 Å². The zero-order chi connectivity index (χ0) is 15.9. The lowest BCUT2D eigenvalue weighted by Crippen LogP contribution is -2.43. The van der Waals surface area contributed by atoms with Crippen LogP contribution in [0.15, 0.2) is 29.2 Å². The molecule has 0 aromatic heterocycles. The molecule has 0 spiro atoms. The van der Waals surface area contributed by atoms with E-state index in [0.29, 0.717) is 0 Å². The van der Waals surface area contributed by atoms with Crippen molar-refractivity contribution < 1.29 is 5.11 Å². The SMILES string of the molecule is CNC(C)(CO)CCCCSc1ccc(C(C)(C)C)cc1. The van der Waals surface area contributed by atoms with Crippen LogP contribution in [-0.2, 0) is 5.41 Å². The Bertz CT molecular complexity index is 404. The molecule has 0 fully saturated rings. The first kappa shape index (κ1) is 18.5. The summed E-state index contributed by atoms with van der Waals surface area (Å²) in [6.07, 6.45) is 3.34. The Morgan fingerprint density at radius 1 is 1.05 bits per heavy atom. The van der Waals surface area contributed by atoms with Crippen molar-refractivity contribution in [3.05, 3.63) is 29.8 Å². The zero-order valence-electron chi connectivity index (χ0n) is 14.2. The minimum absolute atomic E-state index is 0.126. The Labute approximate surface area is 134 Å². The highest BCUT2D eigenvalue weighted by Gasteiger charge is 2.19. The summed E-state index contributed by atoms with van der Waals surface area (Å²) in [7, 11) is 1.92. The second-order valence-electron chi connectivity index (χ2n) is 7.05. The average molecular weight is 310 g/mol. The van der Waals surface area contributed by atoms with E-state index in [1.54, 1.807) is 0 Å². The van der Waals surface area contributed by atoms with E-state index in [2.05, 4.69) is 57.3 Å². The number of aliphatic hydroxyl groups excluding tert-OH is 1. The van der Waals surface area contributed by atoms with Gasteiger partial charge in [0.15, 0.2) is 0 Å². The molecule has 0 aliphatic rings. The van der Waals surface area contributed by atoms with Gasteiger partial charge in [-0.25, -0.2) is 0 Å². The van der Waals surface area contributed by atoms with Gasteiger partial charge >= 0.3 is 0 Å². The molecule has 3 heteroatoms.